The summed E-state index contributed by atoms with van der Waals surface area (Å²) in [5, 5.41) is 18.1. The Morgan fingerprint density at radius 2 is 2.24 bits per heavy atom. The van der Waals surface area contributed by atoms with Gasteiger partial charge in [0.1, 0.15) is 0 Å². The van der Waals surface area contributed by atoms with Gasteiger partial charge in [0.15, 0.2) is 0 Å². The summed E-state index contributed by atoms with van der Waals surface area (Å²) < 4.78 is 5.13. The van der Waals surface area contributed by atoms with Crippen LogP contribution in [0.3, 0.4) is 0 Å². The van der Waals surface area contributed by atoms with E-state index in [-0.39, 0.29) is 30.8 Å². The van der Waals surface area contributed by atoms with Crippen LogP contribution in [0, 0.1) is 11.8 Å². The van der Waals surface area contributed by atoms with Crippen molar-refractivity contribution in [3.05, 3.63) is 0 Å². The van der Waals surface area contributed by atoms with Gasteiger partial charge in [0.25, 0.3) is 0 Å². The molecule has 0 spiro atoms. The number of aliphatic hydroxyl groups excluding tert-OH is 1. The predicted octanol–water partition coefficient (Wildman–Crippen LogP) is 1.19. The van der Waals surface area contributed by atoms with E-state index in [1.165, 1.54) is 0 Å². The molecule has 0 aliphatic carbocycles. The first-order chi connectivity index (χ1) is 7.90. The molecule has 98 valence electrons. The highest BCUT2D eigenvalue weighted by molar-refractivity contribution is 5.75. The van der Waals surface area contributed by atoms with Crippen LogP contribution in [-0.2, 0) is 14.3 Å². The fourth-order valence-corrected chi connectivity index (χ4v) is 2.45. The van der Waals surface area contributed by atoms with Crippen LogP contribution in [0.1, 0.15) is 39.5 Å². The third kappa shape index (κ3) is 4.34. The fourth-order valence-electron chi connectivity index (χ4n) is 2.45. The Hall–Kier alpha value is -1.10. The number of aliphatic hydroxyl groups is 1. The number of carbonyl (C=O) groups is 2. The molecule has 0 saturated carbocycles. The molecule has 0 radical (unpaired) electrons. The largest absolute Gasteiger partial charge is 0.481 e. The number of carboxylic acids is 1. The van der Waals surface area contributed by atoms with Crippen molar-refractivity contribution in [2.24, 2.45) is 11.8 Å². The maximum absolute atomic E-state index is 11.7. The van der Waals surface area contributed by atoms with Gasteiger partial charge in [0.2, 0.25) is 0 Å². The van der Waals surface area contributed by atoms with Gasteiger partial charge in [-0.15, -0.1) is 0 Å². The maximum Gasteiger partial charge on any atom is 0.309 e. The van der Waals surface area contributed by atoms with Gasteiger partial charge in [-0.2, -0.15) is 0 Å². The molecule has 0 amide bonds. The topological polar surface area (TPSA) is 83.8 Å². The second kappa shape index (κ2) is 6.00. The second-order valence-electron chi connectivity index (χ2n) is 4.87. The Morgan fingerprint density at radius 3 is 2.76 bits per heavy atom. The quantitative estimate of drug-likeness (QED) is 0.710. The van der Waals surface area contributed by atoms with E-state index < -0.39 is 18.0 Å². The van der Waals surface area contributed by atoms with Gasteiger partial charge in [-0.25, -0.2) is 0 Å². The molecular weight excluding hydrogens is 224 g/mol. The molecule has 1 saturated heterocycles. The van der Waals surface area contributed by atoms with E-state index in [2.05, 4.69) is 0 Å². The maximum atomic E-state index is 11.7. The second-order valence-corrected chi connectivity index (χ2v) is 4.87. The highest BCUT2D eigenvalue weighted by Crippen LogP contribution is 2.33. The standard InChI is InChI=1S/C12H20O5/c1-7(13)5-9-6-8(2)17-12(16)10(9)3-4-11(14)15/h7-10,13H,3-6H2,1-2H3,(H,14,15). The fraction of sp³-hybridized carbons (Fsp3) is 0.833. The van der Waals surface area contributed by atoms with Crippen molar-refractivity contribution in [1.29, 1.82) is 0 Å². The van der Waals surface area contributed by atoms with Gasteiger partial charge in [-0.3, -0.25) is 9.59 Å². The highest BCUT2D eigenvalue weighted by atomic mass is 16.5. The zero-order chi connectivity index (χ0) is 13.0. The zero-order valence-corrected chi connectivity index (χ0v) is 10.3. The van der Waals surface area contributed by atoms with E-state index in [1.54, 1.807) is 6.92 Å². The van der Waals surface area contributed by atoms with E-state index in [4.69, 9.17) is 9.84 Å². The number of carbonyl (C=O) groups excluding carboxylic acids is 1. The average Bonchev–Trinajstić information content (AvgIpc) is 2.14. The van der Waals surface area contributed by atoms with E-state index in [0.717, 1.165) is 0 Å². The number of aliphatic carboxylic acids is 1. The molecule has 1 aliphatic heterocycles. The molecule has 17 heavy (non-hydrogen) atoms. The molecule has 0 aromatic carbocycles. The van der Waals surface area contributed by atoms with Crippen molar-refractivity contribution in [1.82, 2.24) is 0 Å². The van der Waals surface area contributed by atoms with E-state index in [0.29, 0.717) is 12.8 Å². The zero-order valence-electron chi connectivity index (χ0n) is 10.3. The minimum Gasteiger partial charge on any atom is -0.481 e. The summed E-state index contributed by atoms with van der Waals surface area (Å²) in [4.78, 5) is 22.3. The third-order valence-electron chi connectivity index (χ3n) is 3.14. The number of esters is 1. The summed E-state index contributed by atoms with van der Waals surface area (Å²) in [7, 11) is 0. The molecule has 4 unspecified atom stereocenters. The Kier molecular flexibility index (Phi) is 4.93. The Labute approximate surface area is 101 Å². The normalized spacial score (nSPS) is 30.8. The SMILES string of the molecule is CC(O)CC1CC(C)OC(=O)C1CCC(=O)O. The summed E-state index contributed by atoms with van der Waals surface area (Å²) in [6.45, 7) is 3.50. The van der Waals surface area contributed by atoms with Gasteiger partial charge in [-0.05, 0) is 39.0 Å². The van der Waals surface area contributed by atoms with Gasteiger partial charge in [0, 0.05) is 6.42 Å². The van der Waals surface area contributed by atoms with Crippen LogP contribution in [0.4, 0.5) is 0 Å². The Bertz CT molecular complexity index is 285. The van der Waals surface area contributed by atoms with Gasteiger partial charge < -0.3 is 14.9 Å². The Morgan fingerprint density at radius 1 is 1.59 bits per heavy atom. The molecule has 0 aromatic heterocycles. The van der Waals surface area contributed by atoms with E-state index >= 15 is 0 Å². The van der Waals surface area contributed by atoms with Crippen LogP contribution in [0.5, 0.6) is 0 Å². The molecule has 0 aromatic rings. The highest BCUT2D eigenvalue weighted by Gasteiger charge is 2.37. The molecule has 1 rings (SSSR count). The number of ether oxygens (including phenoxy) is 1. The van der Waals surface area contributed by atoms with Crippen LogP contribution in [0.25, 0.3) is 0 Å². The smallest absolute Gasteiger partial charge is 0.309 e. The molecule has 5 nitrogen and oxygen atoms in total. The van der Waals surface area contributed by atoms with Crippen molar-refractivity contribution in [3.8, 4) is 0 Å². The number of carboxylic acid groups (broad SMARTS) is 1. The Balaban J connectivity index is 2.65. The number of hydrogen-bond acceptors (Lipinski definition) is 4. The molecule has 4 atom stereocenters. The first-order valence-corrected chi connectivity index (χ1v) is 6.00. The summed E-state index contributed by atoms with van der Waals surface area (Å²) >= 11 is 0. The first-order valence-electron chi connectivity index (χ1n) is 6.00. The molecule has 0 bridgehead atoms. The number of cyclic esters (lactones) is 1. The number of rotatable bonds is 5. The van der Waals surface area contributed by atoms with Gasteiger partial charge >= 0.3 is 11.9 Å². The summed E-state index contributed by atoms with van der Waals surface area (Å²) in [5.74, 6) is -1.61. The molecule has 1 heterocycles. The summed E-state index contributed by atoms with van der Waals surface area (Å²) in [6, 6.07) is 0. The first kappa shape index (κ1) is 14.0. The van der Waals surface area contributed by atoms with Crippen molar-refractivity contribution >= 4 is 11.9 Å². The lowest BCUT2D eigenvalue weighted by Crippen LogP contribution is -2.38. The van der Waals surface area contributed by atoms with Crippen LogP contribution in [0.15, 0.2) is 0 Å². The lowest BCUT2D eigenvalue weighted by molar-refractivity contribution is -0.165. The average molecular weight is 244 g/mol. The molecule has 1 fully saturated rings. The van der Waals surface area contributed by atoms with Gasteiger partial charge in [-0.1, -0.05) is 0 Å². The van der Waals surface area contributed by atoms with E-state index in [1.807, 2.05) is 6.92 Å². The van der Waals surface area contributed by atoms with E-state index in [9.17, 15) is 14.7 Å². The monoisotopic (exact) mass is 244 g/mol. The molecular formula is C12H20O5. The van der Waals surface area contributed by atoms with Crippen molar-refractivity contribution in [2.75, 3.05) is 0 Å². The van der Waals surface area contributed by atoms with Crippen LogP contribution in [-0.4, -0.2) is 34.4 Å². The minimum atomic E-state index is -0.910. The summed E-state index contributed by atoms with van der Waals surface area (Å²) in [6.07, 6.45) is 0.839. The van der Waals surface area contributed by atoms with Crippen molar-refractivity contribution < 1.29 is 24.5 Å². The molecule has 1 aliphatic rings. The molecule has 5 heteroatoms. The van der Waals surface area contributed by atoms with Crippen molar-refractivity contribution in [2.45, 2.75) is 51.7 Å². The number of hydrogen-bond donors (Lipinski definition) is 2. The third-order valence-corrected chi connectivity index (χ3v) is 3.14. The lowest BCUT2D eigenvalue weighted by atomic mass is 9.79. The summed E-state index contributed by atoms with van der Waals surface area (Å²) in [5.41, 5.74) is 0. The van der Waals surface area contributed by atoms with Crippen LogP contribution < -0.4 is 0 Å². The van der Waals surface area contributed by atoms with Gasteiger partial charge in [0.05, 0.1) is 18.1 Å². The lowest BCUT2D eigenvalue weighted by Gasteiger charge is -2.34. The predicted molar refractivity (Wildman–Crippen MR) is 60.3 cm³/mol. The molecule has 2 N–H and O–H groups in total. The van der Waals surface area contributed by atoms with Crippen LogP contribution in [0.2, 0.25) is 0 Å². The minimum absolute atomic E-state index is 0.0191. The van der Waals surface area contributed by atoms with Crippen LogP contribution >= 0.6 is 0 Å². The van der Waals surface area contributed by atoms with Crippen molar-refractivity contribution in [3.63, 3.8) is 0 Å².